The van der Waals surface area contributed by atoms with Gasteiger partial charge in [-0.05, 0) is 12.1 Å². The van der Waals surface area contributed by atoms with Gasteiger partial charge in [-0.15, -0.1) is 0 Å². The van der Waals surface area contributed by atoms with E-state index in [9.17, 15) is 17.2 Å². The third-order valence-corrected chi connectivity index (χ3v) is 2.65. The molecule has 0 unspecified atom stereocenters. The lowest BCUT2D eigenvalue weighted by Gasteiger charge is -2.07. The number of hydrogen-bond donors (Lipinski definition) is 1. The average Bonchev–Trinajstić information content (AvgIpc) is 2.27. The summed E-state index contributed by atoms with van der Waals surface area (Å²) in [6.45, 7) is -0.0513. The Bertz CT molecular complexity index is 493. The van der Waals surface area contributed by atoms with Crippen molar-refractivity contribution in [3.8, 4) is 5.75 Å². The van der Waals surface area contributed by atoms with Gasteiger partial charge in [0.15, 0.2) is 11.6 Å². The number of hydrogen-bond acceptors (Lipinski definition) is 4. The highest BCUT2D eigenvalue weighted by Crippen LogP contribution is 2.18. The lowest BCUT2D eigenvalue weighted by atomic mass is 10.3. The van der Waals surface area contributed by atoms with Crippen LogP contribution in [0.3, 0.4) is 0 Å². The van der Waals surface area contributed by atoms with Crippen LogP contribution >= 0.6 is 0 Å². The normalized spacial score (nSPS) is 11.5. The number of halogens is 2. The van der Waals surface area contributed by atoms with Crippen LogP contribution in [0.25, 0.3) is 0 Å². The molecule has 0 saturated carbocycles. The summed E-state index contributed by atoms with van der Waals surface area (Å²) in [6.07, 6.45) is 0. The Morgan fingerprint density at radius 1 is 1.17 bits per heavy atom. The Hall–Kier alpha value is -1.25. The maximum absolute atomic E-state index is 13.1. The number of nitrogens with two attached hydrogens (primary N) is 1. The second-order valence-corrected chi connectivity index (χ2v) is 5.11. The van der Waals surface area contributed by atoms with Gasteiger partial charge in [-0.2, -0.15) is 4.39 Å². The topological polar surface area (TPSA) is 78.6 Å². The summed E-state index contributed by atoms with van der Waals surface area (Å²) in [5, 5.41) is 4.75. The lowest BCUT2D eigenvalue weighted by molar-refractivity contribution is 0.109. The van der Waals surface area contributed by atoms with E-state index in [-0.39, 0.29) is 31.3 Å². The van der Waals surface area contributed by atoms with Crippen LogP contribution in [0.1, 0.15) is 0 Å². The molecule has 8 heteroatoms. The Kier molecular flexibility index (Phi) is 5.45. The number of primary sulfonamides is 1. The number of sulfonamides is 1. The number of benzene rings is 1. The zero-order valence-electron chi connectivity index (χ0n) is 9.43. The van der Waals surface area contributed by atoms with Gasteiger partial charge in [-0.3, -0.25) is 0 Å². The van der Waals surface area contributed by atoms with Gasteiger partial charge in [0.25, 0.3) is 0 Å². The van der Waals surface area contributed by atoms with Crippen LogP contribution in [-0.2, 0) is 14.8 Å². The first-order chi connectivity index (χ1) is 8.40. The third kappa shape index (κ3) is 5.39. The van der Waals surface area contributed by atoms with Crippen molar-refractivity contribution in [2.45, 2.75) is 0 Å². The smallest absolute Gasteiger partial charge is 0.211 e. The molecular formula is C10H13F2NO4S. The minimum Gasteiger partial charge on any atom is -0.488 e. The highest BCUT2D eigenvalue weighted by atomic mass is 32.2. The molecule has 0 radical (unpaired) electrons. The van der Waals surface area contributed by atoms with Crippen LogP contribution in [0.5, 0.6) is 5.75 Å². The summed E-state index contributed by atoms with van der Waals surface area (Å²) in [5.74, 6) is -2.59. The van der Waals surface area contributed by atoms with E-state index in [2.05, 4.69) is 0 Å². The van der Waals surface area contributed by atoms with Crippen LogP contribution in [0.4, 0.5) is 8.78 Å². The molecule has 0 aliphatic heterocycles. The minimum absolute atomic E-state index is 0.0228. The van der Waals surface area contributed by atoms with Crippen molar-refractivity contribution in [2.75, 3.05) is 25.6 Å². The van der Waals surface area contributed by atoms with E-state index in [1.54, 1.807) is 0 Å². The maximum Gasteiger partial charge on any atom is 0.211 e. The summed E-state index contributed by atoms with van der Waals surface area (Å²) in [4.78, 5) is 0. The molecule has 102 valence electrons. The van der Waals surface area contributed by atoms with Crippen LogP contribution < -0.4 is 9.88 Å². The van der Waals surface area contributed by atoms with Gasteiger partial charge in [0, 0.05) is 0 Å². The molecule has 1 aromatic carbocycles. The quantitative estimate of drug-likeness (QED) is 0.744. The highest BCUT2D eigenvalue weighted by molar-refractivity contribution is 7.89. The molecule has 0 bridgehead atoms. The zero-order valence-corrected chi connectivity index (χ0v) is 10.3. The maximum atomic E-state index is 13.1. The molecule has 0 aliphatic carbocycles. The van der Waals surface area contributed by atoms with Crippen molar-refractivity contribution in [1.82, 2.24) is 0 Å². The van der Waals surface area contributed by atoms with E-state index in [0.717, 1.165) is 6.07 Å². The molecule has 5 nitrogen and oxygen atoms in total. The van der Waals surface area contributed by atoms with Crippen LogP contribution in [-0.4, -0.2) is 34.0 Å². The summed E-state index contributed by atoms with van der Waals surface area (Å²) in [5.41, 5.74) is 0. The molecule has 1 aromatic rings. The first kappa shape index (κ1) is 14.8. The molecule has 0 atom stereocenters. The average molecular weight is 281 g/mol. The van der Waals surface area contributed by atoms with E-state index in [0.29, 0.717) is 0 Å². The van der Waals surface area contributed by atoms with Gasteiger partial charge in [0.05, 0.1) is 19.0 Å². The first-order valence-corrected chi connectivity index (χ1v) is 6.77. The van der Waals surface area contributed by atoms with Gasteiger partial charge in [0.2, 0.25) is 15.8 Å². The fourth-order valence-corrected chi connectivity index (χ4v) is 1.43. The van der Waals surface area contributed by atoms with Gasteiger partial charge < -0.3 is 9.47 Å². The Balaban J connectivity index is 2.24. The molecule has 2 N–H and O–H groups in total. The van der Waals surface area contributed by atoms with E-state index in [1.165, 1.54) is 12.1 Å². The van der Waals surface area contributed by atoms with Gasteiger partial charge in [0.1, 0.15) is 6.61 Å². The highest BCUT2D eigenvalue weighted by Gasteiger charge is 2.08. The lowest BCUT2D eigenvalue weighted by Crippen LogP contribution is -2.21. The van der Waals surface area contributed by atoms with Gasteiger partial charge in [-0.1, -0.05) is 6.07 Å². The Labute approximate surface area is 104 Å². The summed E-state index contributed by atoms with van der Waals surface area (Å²) in [6, 6.07) is 3.57. The van der Waals surface area contributed by atoms with Crippen molar-refractivity contribution in [1.29, 1.82) is 0 Å². The van der Waals surface area contributed by atoms with Gasteiger partial charge >= 0.3 is 0 Å². The van der Waals surface area contributed by atoms with Crippen molar-refractivity contribution in [3.63, 3.8) is 0 Å². The van der Waals surface area contributed by atoms with Gasteiger partial charge in [-0.25, -0.2) is 17.9 Å². The van der Waals surface area contributed by atoms with Crippen LogP contribution in [0.2, 0.25) is 0 Å². The Morgan fingerprint density at radius 2 is 1.89 bits per heavy atom. The van der Waals surface area contributed by atoms with Crippen LogP contribution in [0.15, 0.2) is 18.2 Å². The number of rotatable bonds is 7. The van der Waals surface area contributed by atoms with Crippen molar-refractivity contribution in [2.24, 2.45) is 5.14 Å². The minimum atomic E-state index is -3.55. The third-order valence-electron chi connectivity index (χ3n) is 1.91. The molecule has 0 heterocycles. The molecule has 0 aromatic heterocycles. The summed E-state index contributed by atoms with van der Waals surface area (Å²) in [7, 11) is -3.55. The molecule has 1 rings (SSSR count). The molecule has 0 aliphatic rings. The molecule has 0 saturated heterocycles. The van der Waals surface area contributed by atoms with E-state index < -0.39 is 21.7 Å². The first-order valence-electron chi connectivity index (χ1n) is 5.05. The van der Waals surface area contributed by atoms with Crippen LogP contribution in [0, 0.1) is 11.6 Å². The molecule has 0 fully saturated rings. The second kappa shape index (κ2) is 6.62. The predicted molar refractivity (Wildman–Crippen MR) is 60.6 cm³/mol. The fourth-order valence-electron chi connectivity index (χ4n) is 1.08. The predicted octanol–water partition coefficient (Wildman–Crippen LogP) is 0.649. The SMILES string of the molecule is NS(=O)(=O)CCOCCOc1cccc(F)c1F. The van der Waals surface area contributed by atoms with E-state index >= 15 is 0 Å². The Morgan fingerprint density at radius 3 is 2.56 bits per heavy atom. The van der Waals surface area contributed by atoms with E-state index in [4.69, 9.17) is 14.6 Å². The molecular weight excluding hydrogens is 268 g/mol. The molecule has 0 spiro atoms. The zero-order chi connectivity index (χ0) is 13.6. The second-order valence-electron chi connectivity index (χ2n) is 3.38. The van der Waals surface area contributed by atoms with E-state index in [1.807, 2.05) is 0 Å². The largest absolute Gasteiger partial charge is 0.488 e. The molecule has 0 amide bonds. The number of ether oxygens (including phenoxy) is 2. The van der Waals surface area contributed by atoms with Crippen molar-refractivity contribution in [3.05, 3.63) is 29.8 Å². The molecule has 18 heavy (non-hydrogen) atoms. The monoisotopic (exact) mass is 281 g/mol. The fraction of sp³-hybridized carbons (Fsp3) is 0.400. The standard InChI is InChI=1S/C10H13F2NO4S/c11-8-2-1-3-9(10(8)12)17-5-4-16-6-7-18(13,14)15/h1-3H,4-7H2,(H2,13,14,15). The summed E-state index contributed by atoms with van der Waals surface area (Å²) >= 11 is 0. The van der Waals surface area contributed by atoms with Crippen molar-refractivity contribution < 1.29 is 26.7 Å². The van der Waals surface area contributed by atoms with Crippen molar-refractivity contribution >= 4 is 10.0 Å². The summed E-state index contributed by atoms with van der Waals surface area (Å²) < 4.78 is 56.8.